The van der Waals surface area contributed by atoms with Crippen LogP contribution < -0.4 is 5.32 Å². The number of hydrogen-bond acceptors (Lipinski definition) is 4. The van der Waals surface area contributed by atoms with Gasteiger partial charge in [-0.25, -0.2) is 0 Å². The van der Waals surface area contributed by atoms with Crippen LogP contribution in [0.2, 0.25) is 0 Å². The van der Waals surface area contributed by atoms with Gasteiger partial charge in [0.25, 0.3) is 0 Å². The first-order valence-corrected chi connectivity index (χ1v) is 6.78. The SMILES string of the molecule is CCC1COC(C)CN1CC(NC(C)C)C(=O)O. The van der Waals surface area contributed by atoms with E-state index in [2.05, 4.69) is 17.1 Å². The highest BCUT2D eigenvalue weighted by Gasteiger charge is 2.30. The molecule has 0 aromatic heterocycles. The third-order valence-electron chi connectivity index (χ3n) is 3.30. The van der Waals surface area contributed by atoms with Gasteiger partial charge in [-0.3, -0.25) is 9.69 Å². The predicted molar refractivity (Wildman–Crippen MR) is 70.8 cm³/mol. The lowest BCUT2D eigenvalue weighted by atomic mass is 10.1. The summed E-state index contributed by atoms with van der Waals surface area (Å²) in [6.07, 6.45) is 1.17. The van der Waals surface area contributed by atoms with Crippen LogP contribution in [0.5, 0.6) is 0 Å². The van der Waals surface area contributed by atoms with Gasteiger partial charge in [0.1, 0.15) is 6.04 Å². The van der Waals surface area contributed by atoms with Crippen molar-refractivity contribution in [2.24, 2.45) is 0 Å². The molecule has 1 rings (SSSR count). The van der Waals surface area contributed by atoms with E-state index in [1.54, 1.807) is 0 Å². The predicted octanol–water partition coefficient (Wildman–Crippen LogP) is 0.937. The first-order valence-electron chi connectivity index (χ1n) is 6.78. The average molecular weight is 258 g/mol. The topological polar surface area (TPSA) is 61.8 Å². The van der Waals surface area contributed by atoms with Crippen LogP contribution in [-0.4, -0.2) is 59.9 Å². The summed E-state index contributed by atoms with van der Waals surface area (Å²) in [6, 6.07) is -0.00833. The van der Waals surface area contributed by atoms with Crippen LogP contribution in [0.15, 0.2) is 0 Å². The lowest BCUT2D eigenvalue weighted by Gasteiger charge is -2.39. The Morgan fingerprint density at radius 2 is 2.22 bits per heavy atom. The van der Waals surface area contributed by atoms with E-state index in [0.717, 1.165) is 13.0 Å². The van der Waals surface area contributed by atoms with Crippen LogP contribution >= 0.6 is 0 Å². The van der Waals surface area contributed by atoms with Crippen molar-refractivity contribution in [3.63, 3.8) is 0 Å². The van der Waals surface area contributed by atoms with Gasteiger partial charge in [-0.05, 0) is 13.3 Å². The molecule has 3 unspecified atom stereocenters. The third kappa shape index (κ3) is 4.55. The lowest BCUT2D eigenvalue weighted by Crippen LogP contribution is -2.55. The number of hydrogen-bond donors (Lipinski definition) is 2. The second-order valence-electron chi connectivity index (χ2n) is 5.37. The molecule has 1 aliphatic heterocycles. The van der Waals surface area contributed by atoms with Gasteiger partial charge in [0.05, 0.1) is 12.7 Å². The monoisotopic (exact) mass is 258 g/mol. The molecule has 1 aliphatic rings. The Labute approximate surface area is 109 Å². The minimum absolute atomic E-state index is 0.171. The highest BCUT2D eigenvalue weighted by atomic mass is 16.5. The van der Waals surface area contributed by atoms with E-state index < -0.39 is 12.0 Å². The quantitative estimate of drug-likeness (QED) is 0.742. The minimum atomic E-state index is -0.780. The Kier molecular flexibility index (Phi) is 6.05. The summed E-state index contributed by atoms with van der Waals surface area (Å²) in [5.41, 5.74) is 0. The molecule has 0 aliphatic carbocycles. The molecule has 1 heterocycles. The zero-order chi connectivity index (χ0) is 13.7. The molecule has 0 amide bonds. The summed E-state index contributed by atoms with van der Waals surface area (Å²) >= 11 is 0. The summed E-state index contributed by atoms with van der Waals surface area (Å²) in [5, 5.41) is 12.4. The van der Waals surface area contributed by atoms with Crippen molar-refractivity contribution in [2.75, 3.05) is 19.7 Å². The minimum Gasteiger partial charge on any atom is -0.480 e. The number of carboxylic acid groups (broad SMARTS) is 1. The fourth-order valence-electron chi connectivity index (χ4n) is 2.35. The molecule has 0 radical (unpaired) electrons. The van der Waals surface area contributed by atoms with Gasteiger partial charge in [0.15, 0.2) is 0 Å². The maximum Gasteiger partial charge on any atom is 0.322 e. The molecular weight excluding hydrogens is 232 g/mol. The molecule has 5 nitrogen and oxygen atoms in total. The normalized spacial score (nSPS) is 27.4. The maximum atomic E-state index is 11.3. The number of nitrogens with zero attached hydrogens (tertiary/aromatic N) is 1. The van der Waals surface area contributed by atoms with Crippen molar-refractivity contribution < 1.29 is 14.6 Å². The van der Waals surface area contributed by atoms with Gasteiger partial charge in [-0.1, -0.05) is 20.8 Å². The summed E-state index contributed by atoms with van der Waals surface area (Å²) in [5.74, 6) is -0.780. The number of morpholine rings is 1. The second-order valence-corrected chi connectivity index (χ2v) is 5.37. The maximum absolute atomic E-state index is 11.3. The Morgan fingerprint density at radius 1 is 1.56 bits per heavy atom. The van der Waals surface area contributed by atoms with Gasteiger partial charge in [0, 0.05) is 25.2 Å². The van der Waals surface area contributed by atoms with Gasteiger partial charge in [-0.15, -0.1) is 0 Å². The van der Waals surface area contributed by atoms with E-state index in [1.807, 2.05) is 20.8 Å². The first-order chi connectivity index (χ1) is 8.43. The van der Waals surface area contributed by atoms with Crippen molar-refractivity contribution >= 4 is 5.97 Å². The van der Waals surface area contributed by atoms with Crippen molar-refractivity contribution in [2.45, 2.75) is 58.3 Å². The number of carboxylic acids is 1. The van der Waals surface area contributed by atoms with E-state index in [1.165, 1.54) is 0 Å². The molecule has 0 aromatic rings. The third-order valence-corrected chi connectivity index (χ3v) is 3.30. The lowest BCUT2D eigenvalue weighted by molar-refractivity contribution is -0.141. The van der Waals surface area contributed by atoms with Crippen LogP contribution in [0.25, 0.3) is 0 Å². The number of aliphatic carboxylic acids is 1. The molecule has 106 valence electrons. The molecule has 0 spiro atoms. The number of nitrogens with one attached hydrogen (secondary N) is 1. The average Bonchev–Trinajstić information content (AvgIpc) is 2.27. The molecule has 0 saturated carbocycles. The zero-order valence-corrected chi connectivity index (χ0v) is 11.8. The summed E-state index contributed by atoms with van der Waals surface area (Å²) in [7, 11) is 0. The van der Waals surface area contributed by atoms with Crippen molar-refractivity contribution in [1.29, 1.82) is 0 Å². The van der Waals surface area contributed by atoms with Gasteiger partial charge in [0.2, 0.25) is 0 Å². The Bertz CT molecular complexity index is 271. The highest BCUT2D eigenvalue weighted by molar-refractivity contribution is 5.73. The molecule has 18 heavy (non-hydrogen) atoms. The molecule has 1 fully saturated rings. The fraction of sp³-hybridized carbons (Fsp3) is 0.923. The van der Waals surface area contributed by atoms with E-state index in [-0.39, 0.29) is 12.1 Å². The van der Waals surface area contributed by atoms with E-state index in [4.69, 9.17) is 4.74 Å². The largest absolute Gasteiger partial charge is 0.480 e. The Balaban J connectivity index is 2.61. The second kappa shape index (κ2) is 7.07. The van der Waals surface area contributed by atoms with E-state index in [9.17, 15) is 9.90 Å². The van der Waals surface area contributed by atoms with Crippen LogP contribution in [0, 0.1) is 0 Å². The molecule has 2 N–H and O–H groups in total. The standard InChI is InChI=1S/C13H26N2O3/c1-5-11-8-18-10(4)6-15(11)7-12(13(16)17)14-9(2)3/h9-12,14H,5-8H2,1-4H3,(H,16,17). The number of carbonyl (C=O) groups is 1. The molecule has 0 bridgehead atoms. The van der Waals surface area contributed by atoms with Crippen LogP contribution in [-0.2, 0) is 9.53 Å². The number of ether oxygens (including phenoxy) is 1. The molecule has 1 saturated heterocycles. The zero-order valence-electron chi connectivity index (χ0n) is 11.8. The summed E-state index contributed by atoms with van der Waals surface area (Å²) in [6.45, 7) is 10.1. The van der Waals surface area contributed by atoms with Gasteiger partial charge in [-0.2, -0.15) is 0 Å². The first kappa shape index (κ1) is 15.4. The van der Waals surface area contributed by atoms with Crippen LogP contribution in [0.4, 0.5) is 0 Å². The fourth-order valence-corrected chi connectivity index (χ4v) is 2.35. The molecular formula is C13H26N2O3. The van der Waals surface area contributed by atoms with Gasteiger partial charge < -0.3 is 15.2 Å². The smallest absolute Gasteiger partial charge is 0.322 e. The Morgan fingerprint density at radius 3 is 2.72 bits per heavy atom. The Hall–Kier alpha value is -0.650. The highest BCUT2D eigenvalue weighted by Crippen LogP contribution is 2.14. The van der Waals surface area contributed by atoms with Crippen molar-refractivity contribution in [1.82, 2.24) is 10.2 Å². The molecule has 3 atom stereocenters. The number of rotatable bonds is 6. The van der Waals surface area contributed by atoms with Crippen LogP contribution in [0.1, 0.15) is 34.1 Å². The summed E-state index contributed by atoms with van der Waals surface area (Å²) in [4.78, 5) is 13.5. The molecule has 5 heteroatoms. The molecule has 0 aromatic carbocycles. The van der Waals surface area contributed by atoms with Crippen LogP contribution in [0.3, 0.4) is 0 Å². The van der Waals surface area contributed by atoms with Crippen molar-refractivity contribution in [3.05, 3.63) is 0 Å². The van der Waals surface area contributed by atoms with Crippen molar-refractivity contribution in [3.8, 4) is 0 Å². The van der Waals surface area contributed by atoms with Gasteiger partial charge >= 0.3 is 5.97 Å². The van der Waals surface area contributed by atoms with E-state index in [0.29, 0.717) is 19.2 Å². The summed E-state index contributed by atoms with van der Waals surface area (Å²) < 4.78 is 5.63. The van der Waals surface area contributed by atoms with E-state index >= 15 is 0 Å².